The van der Waals surface area contributed by atoms with Crippen molar-refractivity contribution in [2.24, 2.45) is 11.1 Å². The Labute approximate surface area is 178 Å². The molecule has 1 N–H and O–H groups in total. The van der Waals surface area contributed by atoms with E-state index < -0.39 is 9.84 Å². The highest BCUT2D eigenvalue weighted by Crippen LogP contribution is 2.33. The molecule has 1 aliphatic rings. The Bertz CT molecular complexity index is 1050. The molecular weight excluding hydrogens is 400 g/mol. The van der Waals surface area contributed by atoms with E-state index in [9.17, 15) is 18.4 Å². The lowest BCUT2D eigenvalue weighted by Crippen LogP contribution is -2.40. The quantitative estimate of drug-likeness (QED) is 0.432. The standard InChI is InChI=1S/C23H28N2O4S/c1-16-6-4-5-7-20(16)21(17-8-11-19(12-9-17)30(3,28)29)14-22(24-27)18-10-13-23(26)25(2)15-18/h4-9,11-12,18,21,27H,10,13-15H2,1-3H3/b24-22+/t18?,21-/m1/s1. The predicted octanol–water partition coefficient (Wildman–Crippen LogP) is 3.62. The highest BCUT2D eigenvalue weighted by Gasteiger charge is 2.30. The first kappa shape index (κ1) is 22.0. The lowest BCUT2D eigenvalue weighted by molar-refractivity contribution is -0.132. The summed E-state index contributed by atoms with van der Waals surface area (Å²) in [6, 6.07) is 15.0. The second kappa shape index (κ2) is 9.00. The van der Waals surface area contributed by atoms with Crippen molar-refractivity contribution in [3.63, 3.8) is 0 Å². The van der Waals surface area contributed by atoms with Gasteiger partial charge in [-0.2, -0.15) is 0 Å². The van der Waals surface area contributed by atoms with Gasteiger partial charge in [-0.3, -0.25) is 4.79 Å². The van der Waals surface area contributed by atoms with Crippen LogP contribution in [0.15, 0.2) is 58.6 Å². The monoisotopic (exact) mass is 428 g/mol. The van der Waals surface area contributed by atoms with Crippen LogP contribution in [0.3, 0.4) is 0 Å². The lowest BCUT2D eigenvalue weighted by Gasteiger charge is -2.31. The van der Waals surface area contributed by atoms with Gasteiger partial charge in [-0.25, -0.2) is 8.42 Å². The molecule has 1 unspecified atom stereocenters. The first-order valence-electron chi connectivity index (χ1n) is 10.0. The van der Waals surface area contributed by atoms with E-state index in [1.54, 1.807) is 24.1 Å². The summed E-state index contributed by atoms with van der Waals surface area (Å²) in [6.07, 6.45) is 2.79. The minimum atomic E-state index is -3.28. The third-order valence-electron chi connectivity index (χ3n) is 5.91. The van der Waals surface area contributed by atoms with Crippen LogP contribution < -0.4 is 0 Å². The van der Waals surface area contributed by atoms with Crippen LogP contribution in [0.2, 0.25) is 0 Å². The summed E-state index contributed by atoms with van der Waals surface area (Å²) >= 11 is 0. The molecule has 0 aromatic heterocycles. The van der Waals surface area contributed by atoms with Gasteiger partial charge in [0.1, 0.15) is 0 Å². The topological polar surface area (TPSA) is 87.0 Å². The summed E-state index contributed by atoms with van der Waals surface area (Å²) in [7, 11) is -1.51. The molecule has 1 heterocycles. The minimum absolute atomic E-state index is 0.000453. The van der Waals surface area contributed by atoms with Crippen LogP contribution in [0.5, 0.6) is 0 Å². The van der Waals surface area contributed by atoms with Gasteiger partial charge < -0.3 is 10.1 Å². The predicted molar refractivity (Wildman–Crippen MR) is 117 cm³/mol. The molecule has 1 amide bonds. The number of piperidine rings is 1. The molecule has 0 saturated carbocycles. The van der Waals surface area contributed by atoms with Crippen LogP contribution in [0.4, 0.5) is 0 Å². The Morgan fingerprint density at radius 3 is 2.43 bits per heavy atom. The molecule has 0 radical (unpaired) electrons. The van der Waals surface area contributed by atoms with E-state index in [0.29, 0.717) is 31.5 Å². The average molecular weight is 429 g/mol. The van der Waals surface area contributed by atoms with Gasteiger partial charge in [-0.05, 0) is 42.2 Å². The number of oxime groups is 1. The van der Waals surface area contributed by atoms with Crippen molar-refractivity contribution in [1.29, 1.82) is 0 Å². The molecular formula is C23H28N2O4S. The second-order valence-corrected chi connectivity index (χ2v) is 10.1. The molecule has 160 valence electrons. The number of nitrogens with zero attached hydrogens (tertiary/aromatic N) is 2. The Morgan fingerprint density at radius 1 is 1.20 bits per heavy atom. The minimum Gasteiger partial charge on any atom is -0.411 e. The number of hydrogen-bond acceptors (Lipinski definition) is 5. The number of likely N-dealkylation sites (tertiary alicyclic amines) is 1. The van der Waals surface area contributed by atoms with E-state index in [1.165, 1.54) is 6.26 Å². The largest absolute Gasteiger partial charge is 0.411 e. The normalized spacial score (nSPS) is 19.0. The van der Waals surface area contributed by atoms with Crippen molar-refractivity contribution in [3.8, 4) is 0 Å². The number of carbonyl (C=O) groups is 1. The van der Waals surface area contributed by atoms with Gasteiger partial charge in [0, 0.05) is 44.5 Å². The highest BCUT2D eigenvalue weighted by atomic mass is 32.2. The van der Waals surface area contributed by atoms with Crippen LogP contribution in [0.1, 0.15) is 41.9 Å². The number of rotatable bonds is 6. The number of hydrogen-bond donors (Lipinski definition) is 1. The summed E-state index contributed by atoms with van der Waals surface area (Å²) in [5.74, 6) is 0.0171. The third-order valence-corrected chi connectivity index (χ3v) is 7.04. The molecule has 1 saturated heterocycles. The van der Waals surface area contributed by atoms with Crippen molar-refractivity contribution in [2.45, 2.75) is 37.0 Å². The SMILES string of the molecule is Cc1ccccc1[C@H](C/C(=N\O)C1CCC(=O)N(C)C1)c1ccc(S(C)(=O)=O)cc1. The van der Waals surface area contributed by atoms with Crippen molar-refractivity contribution >= 4 is 21.5 Å². The number of sulfone groups is 1. The molecule has 6 nitrogen and oxygen atoms in total. The fourth-order valence-corrected chi connectivity index (χ4v) is 4.75. The third kappa shape index (κ3) is 4.90. The van der Waals surface area contributed by atoms with E-state index in [2.05, 4.69) is 11.2 Å². The molecule has 0 aliphatic carbocycles. The van der Waals surface area contributed by atoms with Gasteiger partial charge in [0.15, 0.2) is 9.84 Å². The van der Waals surface area contributed by atoms with E-state index in [4.69, 9.17) is 0 Å². The van der Waals surface area contributed by atoms with Gasteiger partial charge in [0.2, 0.25) is 5.91 Å². The average Bonchev–Trinajstić information content (AvgIpc) is 2.71. The van der Waals surface area contributed by atoms with Crippen LogP contribution >= 0.6 is 0 Å². The van der Waals surface area contributed by atoms with E-state index in [0.717, 1.165) is 16.7 Å². The zero-order valence-corrected chi connectivity index (χ0v) is 18.4. The van der Waals surface area contributed by atoms with Gasteiger partial charge in [-0.1, -0.05) is 41.6 Å². The molecule has 2 aromatic carbocycles. The molecule has 0 bridgehead atoms. The maximum atomic E-state index is 11.8. The smallest absolute Gasteiger partial charge is 0.222 e. The first-order valence-corrected chi connectivity index (χ1v) is 11.9. The molecule has 1 fully saturated rings. The fourth-order valence-electron chi connectivity index (χ4n) is 4.11. The van der Waals surface area contributed by atoms with Crippen molar-refractivity contribution in [3.05, 3.63) is 65.2 Å². The maximum Gasteiger partial charge on any atom is 0.222 e. The summed E-state index contributed by atoms with van der Waals surface area (Å²) in [5.41, 5.74) is 3.83. The highest BCUT2D eigenvalue weighted by molar-refractivity contribution is 7.90. The summed E-state index contributed by atoms with van der Waals surface area (Å²) < 4.78 is 23.7. The summed E-state index contributed by atoms with van der Waals surface area (Å²) in [6.45, 7) is 2.57. The van der Waals surface area contributed by atoms with Crippen molar-refractivity contribution < 1.29 is 18.4 Å². The molecule has 3 rings (SSSR count). The number of benzene rings is 2. The van der Waals surface area contributed by atoms with Crippen LogP contribution in [-0.4, -0.2) is 50.0 Å². The van der Waals surface area contributed by atoms with Crippen LogP contribution in [0.25, 0.3) is 0 Å². The summed E-state index contributed by atoms with van der Waals surface area (Å²) in [5, 5.41) is 13.4. The van der Waals surface area contributed by atoms with Crippen molar-refractivity contribution in [2.75, 3.05) is 19.8 Å². The molecule has 2 atom stereocenters. The number of aryl methyl sites for hydroxylation is 1. The van der Waals surface area contributed by atoms with Gasteiger partial charge in [0.25, 0.3) is 0 Å². The Kier molecular flexibility index (Phi) is 6.61. The zero-order valence-electron chi connectivity index (χ0n) is 17.6. The lowest BCUT2D eigenvalue weighted by atomic mass is 9.80. The fraction of sp³-hybridized carbons (Fsp3) is 0.391. The Morgan fingerprint density at radius 2 is 1.87 bits per heavy atom. The molecule has 30 heavy (non-hydrogen) atoms. The van der Waals surface area contributed by atoms with Gasteiger partial charge in [0.05, 0.1) is 10.6 Å². The van der Waals surface area contributed by atoms with E-state index in [-0.39, 0.29) is 22.6 Å². The van der Waals surface area contributed by atoms with Crippen LogP contribution in [0, 0.1) is 12.8 Å². The van der Waals surface area contributed by atoms with Crippen LogP contribution in [-0.2, 0) is 14.6 Å². The van der Waals surface area contributed by atoms with E-state index >= 15 is 0 Å². The second-order valence-electron chi connectivity index (χ2n) is 8.06. The number of amides is 1. The Balaban J connectivity index is 1.96. The first-order chi connectivity index (χ1) is 14.2. The molecule has 0 spiro atoms. The molecule has 7 heteroatoms. The maximum absolute atomic E-state index is 11.8. The number of carbonyl (C=O) groups excluding carboxylic acids is 1. The Hall–Kier alpha value is -2.67. The summed E-state index contributed by atoms with van der Waals surface area (Å²) in [4.78, 5) is 13.8. The van der Waals surface area contributed by atoms with Crippen molar-refractivity contribution in [1.82, 2.24) is 4.90 Å². The molecule has 2 aromatic rings. The van der Waals surface area contributed by atoms with Gasteiger partial charge >= 0.3 is 0 Å². The van der Waals surface area contributed by atoms with E-state index in [1.807, 2.05) is 37.3 Å². The zero-order chi connectivity index (χ0) is 21.9. The molecule has 1 aliphatic heterocycles. The van der Waals surface area contributed by atoms with Gasteiger partial charge in [-0.15, -0.1) is 0 Å².